The highest BCUT2D eigenvalue weighted by atomic mass is 32.2. The zero-order valence-electron chi connectivity index (χ0n) is 19.3. The molecule has 10 heteroatoms. The lowest BCUT2D eigenvalue weighted by molar-refractivity contribution is -0.113. The third kappa shape index (κ3) is 4.45. The van der Waals surface area contributed by atoms with E-state index in [9.17, 15) is 10.1 Å². The number of carbonyl (C=O) groups excluding carboxylic acids is 1. The third-order valence-corrected chi connectivity index (χ3v) is 7.40. The van der Waals surface area contributed by atoms with Crippen molar-refractivity contribution in [1.29, 1.82) is 5.26 Å². The van der Waals surface area contributed by atoms with E-state index in [1.54, 1.807) is 12.4 Å². The highest BCUT2D eigenvalue weighted by Crippen LogP contribution is 2.41. The normalized spacial score (nSPS) is 17.6. The Morgan fingerprint density at radius 2 is 2.06 bits per heavy atom. The zero-order valence-corrected chi connectivity index (χ0v) is 20.1. The summed E-state index contributed by atoms with van der Waals surface area (Å²) in [5.41, 5.74) is 3.33. The SMILES string of the molecule is Cc1c(C#N)c(NC(=O)CSc2nnc(-c3ccncc3)n2C2CC2)n(C[C@@H]2CCCO2)c1C. The molecule has 9 nitrogen and oxygen atoms in total. The molecule has 1 aliphatic carbocycles. The van der Waals surface area contributed by atoms with Crippen LogP contribution in [0.2, 0.25) is 0 Å². The van der Waals surface area contributed by atoms with Crippen LogP contribution in [0.5, 0.6) is 0 Å². The smallest absolute Gasteiger partial charge is 0.235 e. The first-order valence-corrected chi connectivity index (χ1v) is 12.5. The minimum atomic E-state index is -0.177. The molecule has 0 bridgehead atoms. The van der Waals surface area contributed by atoms with Gasteiger partial charge in [-0.05, 0) is 57.2 Å². The fourth-order valence-corrected chi connectivity index (χ4v) is 5.19. The van der Waals surface area contributed by atoms with Gasteiger partial charge in [-0.1, -0.05) is 11.8 Å². The Kier molecular flexibility index (Phi) is 6.39. The van der Waals surface area contributed by atoms with Crippen molar-refractivity contribution in [1.82, 2.24) is 24.3 Å². The number of anilines is 1. The number of rotatable bonds is 8. The summed E-state index contributed by atoms with van der Waals surface area (Å²) in [4.78, 5) is 17.1. The molecule has 2 fully saturated rings. The second-order valence-corrected chi connectivity index (χ2v) is 9.71. The maximum Gasteiger partial charge on any atom is 0.235 e. The van der Waals surface area contributed by atoms with Crippen molar-refractivity contribution >= 4 is 23.5 Å². The number of hydrogen-bond donors (Lipinski definition) is 1. The highest BCUT2D eigenvalue weighted by molar-refractivity contribution is 7.99. The van der Waals surface area contributed by atoms with Crippen molar-refractivity contribution in [2.45, 2.75) is 63.4 Å². The number of pyridine rings is 1. The summed E-state index contributed by atoms with van der Waals surface area (Å²) in [6.07, 6.45) is 7.77. The summed E-state index contributed by atoms with van der Waals surface area (Å²) in [5.74, 6) is 1.36. The first-order valence-electron chi connectivity index (χ1n) is 11.6. The average Bonchev–Trinajstić information content (AvgIpc) is 3.30. The van der Waals surface area contributed by atoms with Crippen LogP contribution in [0.3, 0.4) is 0 Å². The van der Waals surface area contributed by atoms with Gasteiger partial charge in [-0.2, -0.15) is 5.26 Å². The van der Waals surface area contributed by atoms with E-state index in [2.05, 4.69) is 31.1 Å². The van der Waals surface area contributed by atoms with E-state index in [-0.39, 0.29) is 17.8 Å². The molecule has 5 rings (SSSR count). The van der Waals surface area contributed by atoms with Crippen molar-refractivity contribution < 1.29 is 9.53 Å². The summed E-state index contributed by atoms with van der Waals surface area (Å²) in [5, 5.41) is 22.3. The molecule has 1 aliphatic heterocycles. The van der Waals surface area contributed by atoms with Crippen LogP contribution in [0.25, 0.3) is 11.4 Å². The number of nitrogens with one attached hydrogen (secondary N) is 1. The molecule has 0 aromatic carbocycles. The Morgan fingerprint density at radius 3 is 2.74 bits per heavy atom. The molecule has 176 valence electrons. The van der Waals surface area contributed by atoms with E-state index >= 15 is 0 Å². The molecule has 1 saturated carbocycles. The average molecular weight is 478 g/mol. The number of thioether (sulfide) groups is 1. The van der Waals surface area contributed by atoms with E-state index in [1.165, 1.54) is 11.8 Å². The maximum atomic E-state index is 13.0. The second-order valence-electron chi connectivity index (χ2n) is 8.77. The van der Waals surface area contributed by atoms with Crippen LogP contribution in [0, 0.1) is 25.2 Å². The predicted molar refractivity (Wildman–Crippen MR) is 128 cm³/mol. The molecule has 2 aliphatic rings. The van der Waals surface area contributed by atoms with Gasteiger partial charge in [0.2, 0.25) is 5.91 Å². The van der Waals surface area contributed by atoms with Gasteiger partial charge in [0.15, 0.2) is 11.0 Å². The lowest BCUT2D eigenvalue weighted by Crippen LogP contribution is -2.22. The quantitative estimate of drug-likeness (QED) is 0.490. The van der Waals surface area contributed by atoms with Gasteiger partial charge in [0, 0.05) is 36.3 Å². The molecule has 1 amide bonds. The molecule has 34 heavy (non-hydrogen) atoms. The molecular formula is C24H27N7O2S. The van der Waals surface area contributed by atoms with Crippen molar-refractivity contribution in [3.8, 4) is 17.5 Å². The Labute approximate surface area is 202 Å². The van der Waals surface area contributed by atoms with Gasteiger partial charge >= 0.3 is 0 Å². The summed E-state index contributed by atoms with van der Waals surface area (Å²) in [7, 11) is 0. The third-order valence-electron chi connectivity index (χ3n) is 6.46. The Bertz CT molecular complexity index is 1230. The molecular weight excluding hydrogens is 450 g/mol. The topological polar surface area (TPSA) is 111 Å². The van der Waals surface area contributed by atoms with Crippen LogP contribution in [0.15, 0.2) is 29.7 Å². The van der Waals surface area contributed by atoms with E-state index in [0.717, 1.165) is 60.1 Å². The van der Waals surface area contributed by atoms with Crippen LogP contribution in [-0.2, 0) is 16.1 Å². The molecule has 1 N–H and O–H groups in total. The molecule has 3 aromatic rings. The van der Waals surface area contributed by atoms with Gasteiger partial charge in [-0.15, -0.1) is 10.2 Å². The first kappa shape index (κ1) is 22.6. The van der Waals surface area contributed by atoms with Crippen LogP contribution in [0.1, 0.15) is 48.5 Å². The molecule has 4 heterocycles. The van der Waals surface area contributed by atoms with E-state index in [4.69, 9.17) is 4.74 Å². The summed E-state index contributed by atoms with van der Waals surface area (Å²) >= 11 is 1.37. The van der Waals surface area contributed by atoms with Crippen molar-refractivity contribution in [3.63, 3.8) is 0 Å². The number of aromatic nitrogens is 5. The number of nitrogens with zero attached hydrogens (tertiary/aromatic N) is 6. The summed E-state index contributed by atoms with van der Waals surface area (Å²) < 4.78 is 9.94. The Hall–Kier alpha value is -3.16. The van der Waals surface area contributed by atoms with E-state index < -0.39 is 0 Å². The lowest BCUT2D eigenvalue weighted by atomic mass is 10.2. The number of carbonyl (C=O) groups is 1. The van der Waals surface area contributed by atoms with E-state index in [1.807, 2.05) is 30.5 Å². The monoisotopic (exact) mass is 477 g/mol. The van der Waals surface area contributed by atoms with Gasteiger partial charge < -0.3 is 14.6 Å². The molecule has 0 unspecified atom stereocenters. The van der Waals surface area contributed by atoms with Gasteiger partial charge in [0.05, 0.1) is 24.0 Å². The zero-order chi connectivity index (χ0) is 23.7. The minimum absolute atomic E-state index is 0.103. The number of nitriles is 1. The number of amides is 1. The minimum Gasteiger partial charge on any atom is -0.376 e. The van der Waals surface area contributed by atoms with Crippen LogP contribution < -0.4 is 5.32 Å². The predicted octanol–water partition coefficient (Wildman–Crippen LogP) is 3.87. The Morgan fingerprint density at radius 1 is 1.26 bits per heavy atom. The molecule has 3 aromatic heterocycles. The van der Waals surface area contributed by atoms with Crippen molar-refractivity contribution in [3.05, 3.63) is 41.3 Å². The largest absolute Gasteiger partial charge is 0.376 e. The highest BCUT2D eigenvalue weighted by Gasteiger charge is 2.30. The van der Waals surface area contributed by atoms with Crippen LogP contribution in [0.4, 0.5) is 5.82 Å². The molecule has 0 spiro atoms. The fourth-order valence-electron chi connectivity index (χ4n) is 4.38. The lowest BCUT2D eigenvalue weighted by Gasteiger charge is -2.17. The van der Waals surface area contributed by atoms with Gasteiger partial charge in [0.25, 0.3) is 0 Å². The summed E-state index contributed by atoms with van der Waals surface area (Å²) in [6, 6.07) is 6.47. The van der Waals surface area contributed by atoms with Gasteiger partial charge in [-0.3, -0.25) is 14.3 Å². The maximum absolute atomic E-state index is 13.0. The van der Waals surface area contributed by atoms with E-state index in [0.29, 0.717) is 24.0 Å². The summed E-state index contributed by atoms with van der Waals surface area (Å²) in [6.45, 7) is 5.29. The number of ether oxygens (including phenoxy) is 1. The van der Waals surface area contributed by atoms with Crippen molar-refractivity contribution in [2.75, 3.05) is 17.7 Å². The molecule has 1 atom stereocenters. The van der Waals surface area contributed by atoms with Gasteiger partial charge in [0.1, 0.15) is 11.9 Å². The number of hydrogen-bond acceptors (Lipinski definition) is 7. The standard InChI is InChI=1S/C24H27N7O2S/c1-15-16(2)30(13-19-4-3-11-33-19)23(20(15)12-25)27-21(32)14-34-24-29-28-22(31(24)18-5-6-18)17-7-9-26-10-8-17/h7-10,18-19H,3-6,11,13-14H2,1-2H3,(H,27,32)/t19-/m0/s1. The second kappa shape index (κ2) is 9.60. The molecule has 0 radical (unpaired) electrons. The van der Waals surface area contributed by atoms with Crippen molar-refractivity contribution in [2.24, 2.45) is 0 Å². The first-order chi connectivity index (χ1) is 16.6. The Balaban J connectivity index is 1.33. The van der Waals surface area contributed by atoms with Crippen LogP contribution >= 0.6 is 11.8 Å². The van der Waals surface area contributed by atoms with Gasteiger partial charge in [-0.25, -0.2) is 0 Å². The fraction of sp³-hybridized carbons (Fsp3) is 0.458. The molecule has 1 saturated heterocycles. The van der Waals surface area contributed by atoms with Crippen LogP contribution in [-0.4, -0.2) is 48.7 Å².